The van der Waals surface area contributed by atoms with Gasteiger partial charge in [-0.25, -0.2) is 0 Å². The number of hydrogen-bond acceptors (Lipinski definition) is 2. The van der Waals surface area contributed by atoms with Gasteiger partial charge >= 0.3 is 0 Å². The van der Waals surface area contributed by atoms with Crippen molar-refractivity contribution in [3.63, 3.8) is 0 Å². The van der Waals surface area contributed by atoms with Crippen molar-refractivity contribution in [3.05, 3.63) is 0 Å². The maximum atomic E-state index is 5.75. The van der Waals surface area contributed by atoms with E-state index < -0.39 is 0 Å². The van der Waals surface area contributed by atoms with Crippen LogP contribution in [-0.2, 0) is 0 Å². The predicted octanol–water partition coefficient (Wildman–Crippen LogP) is 2.18. The lowest BCUT2D eigenvalue weighted by atomic mass is 10.1. The van der Waals surface area contributed by atoms with Crippen molar-refractivity contribution in [2.45, 2.75) is 52.0 Å². The molecule has 0 bridgehead atoms. The number of guanidine groups is 1. The van der Waals surface area contributed by atoms with Crippen LogP contribution < -0.4 is 11.1 Å². The summed E-state index contributed by atoms with van der Waals surface area (Å²) in [5.41, 5.74) is 5.75. The van der Waals surface area contributed by atoms with Gasteiger partial charge in [-0.3, -0.25) is 4.99 Å². The van der Waals surface area contributed by atoms with Crippen molar-refractivity contribution in [3.8, 4) is 0 Å². The molecule has 0 aromatic rings. The van der Waals surface area contributed by atoms with Gasteiger partial charge in [-0.05, 0) is 45.7 Å². The summed E-state index contributed by atoms with van der Waals surface area (Å²) >= 11 is 0. The third-order valence-corrected chi connectivity index (χ3v) is 3.39. The average Bonchev–Trinajstić information content (AvgIpc) is 2.37. The van der Waals surface area contributed by atoms with Crippen LogP contribution in [-0.4, -0.2) is 43.1 Å². The molecule has 1 unspecified atom stereocenters. The van der Waals surface area contributed by atoms with E-state index in [0.717, 1.165) is 25.9 Å². The quantitative estimate of drug-likeness (QED) is 0.429. The molecule has 18 heavy (non-hydrogen) atoms. The predicted molar refractivity (Wildman–Crippen MR) is 89.7 cm³/mol. The molecule has 3 N–H and O–H groups in total. The summed E-state index contributed by atoms with van der Waals surface area (Å²) in [6, 6.07) is 0.654. The molecule has 0 aromatic heterocycles. The number of aliphatic imine (C=N–C) groups is 1. The summed E-state index contributed by atoms with van der Waals surface area (Å²) in [4.78, 5) is 6.81. The van der Waals surface area contributed by atoms with Crippen LogP contribution >= 0.6 is 24.0 Å². The maximum Gasteiger partial charge on any atom is 0.188 e. The third-order valence-electron chi connectivity index (χ3n) is 3.39. The average molecular weight is 368 g/mol. The number of nitrogens with two attached hydrogens (primary N) is 1. The minimum absolute atomic E-state index is 0. The highest BCUT2D eigenvalue weighted by molar-refractivity contribution is 14.0. The Labute approximate surface area is 129 Å². The van der Waals surface area contributed by atoms with Crippen LogP contribution in [0.5, 0.6) is 0 Å². The Kier molecular flexibility index (Phi) is 10.8. The molecule has 1 atom stereocenters. The fourth-order valence-corrected chi connectivity index (χ4v) is 2.24. The Morgan fingerprint density at radius 3 is 2.61 bits per heavy atom. The van der Waals surface area contributed by atoms with Gasteiger partial charge in [0.1, 0.15) is 0 Å². The summed E-state index contributed by atoms with van der Waals surface area (Å²) in [7, 11) is 0. The molecule has 1 saturated heterocycles. The molecule has 0 spiro atoms. The highest BCUT2D eigenvalue weighted by Gasteiger charge is 2.15. The van der Waals surface area contributed by atoms with Crippen molar-refractivity contribution in [1.82, 2.24) is 10.2 Å². The van der Waals surface area contributed by atoms with Gasteiger partial charge in [0.2, 0.25) is 0 Å². The summed E-state index contributed by atoms with van der Waals surface area (Å²) in [6.45, 7) is 8.69. The van der Waals surface area contributed by atoms with E-state index in [9.17, 15) is 0 Å². The number of likely N-dealkylation sites (tertiary alicyclic amines) is 1. The first-order valence-electron chi connectivity index (χ1n) is 7.02. The summed E-state index contributed by atoms with van der Waals surface area (Å²) in [5.74, 6) is 0.595. The molecule has 1 rings (SSSR count). The molecule has 1 fully saturated rings. The second-order valence-electron chi connectivity index (χ2n) is 4.93. The molecule has 1 aliphatic heterocycles. The monoisotopic (exact) mass is 368 g/mol. The van der Waals surface area contributed by atoms with E-state index in [1.165, 1.54) is 32.4 Å². The molecule has 4 nitrogen and oxygen atoms in total. The first kappa shape index (κ1) is 18.0. The molecule has 0 radical (unpaired) electrons. The fourth-order valence-electron chi connectivity index (χ4n) is 2.24. The molecule has 1 aliphatic rings. The van der Waals surface area contributed by atoms with Gasteiger partial charge in [0, 0.05) is 19.1 Å². The SMILES string of the molecule is CCCN=C(N)NCCC(C)N1CCCCC1.I. The largest absolute Gasteiger partial charge is 0.370 e. The van der Waals surface area contributed by atoms with Gasteiger partial charge in [-0.2, -0.15) is 0 Å². The van der Waals surface area contributed by atoms with Crippen molar-refractivity contribution in [1.29, 1.82) is 0 Å². The van der Waals surface area contributed by atoms with E-state index in [-0.39, 0.29) is 24.0 Å². The topological polar surface area (TPSA) is 53.6 Å². The number of rotatable bonds is 6. The molecule has 5 heteroatoms. The van der Waals surface area contributed by atoms with E-state index >= 15 is 0 Å². The van der Waals surface area contributed by atoms with Crippen molar-refractivity contribution >= 4 is 29.9 Å². The van der Waals surface area contributed by atoms with Crippen LogP contribution in [0.4, 0.5) is 0 Å². The maximum absolute atomic E-state index is 5.75. The highest BCUT2D eigenvalue weighted by atomic mass is 127. The number of piperidine rings is 1. The highest BCUT2D eigenvalue weighted by Crippen LogP contribution is 2.13. The molecular formula is C13H29IN4. The van der Waals surface area contributed by atoms with Crippen LogP contribution in [0.25, 0.3) is 0 Å². The summed E-state index contributed by atoms with van der Waals surface area (Å²) in [6.07, 6.45) is 6.31. The first-order valence-corrected chi connectivity index (χ1v) is 7.02. The molecule has 1 heterocycles. The zero-order chi connectivity index (χ0) is 12.5. The molecule has 108 valence electrons. The lowest BCUT2D eigenvalue weighted by Gasteiger charge is -2.32. The van der Waals surface area contributed by atoms with Gasteiger partial charge in [0.25, 0.3) is 0 Å². The second kappa shape index (κ2) is 10.8. The van der Waals surface area contributed by atoms with E-state index in [0.29, 0.717) is 12.0 Å². The number of nitrogens with one attached hydrogen (secondary N) is 1. The van der Waals surface area contributed by atoms with Crippen LogP contribution in [0.2, 0.25) is 0 Å². The number of nitrogens with zero attached hydrogens (tertiary/aromatic N) is 2. The van der Waals surface area contributed by atoms with E-state index in [4.69, 9.17) is 5.73 Å². The molecular weight excluding hydrogens is 339 g/mol. The Hall–Kier alpha value is -0.0400. The lowest BCUT2D eigenvalue weighted by molar-refractivity contribution is 0.167. The number of halogens is 1. The molecule has 0 saturated carbocycles. The zero-order valence-corrected chi connectivity index (χ0v) is 14.2. The van der Waals surface area contributed by atoms with Crippen molar-refractivity contribution in [2.24, 2.45) is 10.7 Å². The second-order valence-corrected chi connectivity index (χ2v) is 4.93. The van der Waals surface area contributed by atoms with Crippen LogP contribution in [0.1, 0.15) is 46.0 Å². The van der Waals surface area contributed by atoms with Gasteiger partial charge in [0.15, 0.2) is 5.96 Å². The summed E-state index contributed by atoms with van der Waals surface area (Å²) < 4.78 is 0. The van der Waals surface area contributed by atoms with Crippen LogP contribution in [0, 0.1) is 0 Å². The Bertz CT molecular complexity index is 227. The van der Waals surface area contributed by atoms with Gasteiger partial charge in [-0.1, -0.05) is 13.3 Å². The minimum atomic E-state index is 0. The van der Waals surface area contributed by atoms with E-state index in [1.807, 2.05) is 0 Å². The molecule has 0 amide bonds. The van der Waals surface area contributed by atoms with Crippen LogP contribution in [0.3, 0.4) is 0 Å². The number of hydrogen-bond donors (Lipinski definition) is 2. The van der Waals surface area contributed by atoms with Gasteiger partial charge < -0.3 is 16.0 Å². The standard InChI is InChI=1S/C13H28N4.HI/c1-3-8-15-13(14)16-9-7-12(2)17-10-5-4-6-11-17;/h12H,3-11H2,1-2H3,(H3,14,15,16);1H. The zero-order valence-electron chi connectivity index (χ0n) is 11.8. The Morgan fingerprint density at radius 2 is 2.00 bits per heavy atom. The lowest BCUT2D eigenvalue weighted by Crippen LogP contribution is -2.40. The molecule has 0 aliphatic carbocycles. The van der Waals surface area contributed by atoms with Gasteiger partial charge in [-0.15, -0.1) is 24.0 Å². The normalized spacial score (nSPS) is 19.1. The van der Waals surface area contributed by atoms with E-state index in [1.54, 1.807) is 0 Å². The van der Waals surface area contributed by atoms with Crippen molar-refractivity contribution < 1.29 is 0 Å². The van der Waals surface area contributed by atoms with Crippen molar-refractivity contribution in [2.75, 3.05) is 26.2 Å². The fraction of sp³-hybridized carbons (Fsp3) is 0.923. The van der Waals surface area contributed by atoms with Crippen LogP contribution in [0.15, 0.2) is 4.99 Å². The Morgan fingerprint density at radius 1 is 1.33 bits per heavy atom. The van der Waals surface area contributed by atoms with Gasteiger partial charge in [0.05, 0.1) is 0 Å². The smallest absolute Gasteiger partial charge is 0.188 e. The first-order chi connectivity index (χ1) is 8.24. The summed E-state index contributed by atoms with van der Waals surface area (Å²) in [5, 5.41) is 3.19. The molecule has 0 aromatic carbocycles. The Balaban J connectivity index is 0.00000289. The third kappa shape index (κ3) is 7.41. The van der Waals surface area contributed by atoms with E-state index in [2.05, 4.69) is 29.1 Å². The minimum Gasteiger partial charge on any atom is -0.370 e.